The standard InChI is InChI=1S/C37H52O4/c1-32(2)28-13-16-37(7)30(35(28,5)15-14-29(32)39)27(38)21-25-26-22-34(4,18-17-33(26,3)19-20-36(25,37)6)31(40)41-23-24-11-9-8-10-12-24/h8-12,28-30,39H,13-23H2,1-7H3/t28?,29?,30?,33-,34+,35+,36-,37-/m1/s1. The summed E-state index contributed by atoms with van der Waals surface area (Å²) >= 11 is 0. The molecule has 3 unspecified atom stereocenters. The van der Waals surface area contributed by atoms with E-state index >= 15 is 0 Å². The van der Waals surface area contributed by atoms with Gasteiger partial charge in [-0.05, 0) is 103 Å². The highest BCUT2D eigenvalue weighted by Gasteiger charge is 2.69. The summed E-state index contributed by atoms with van der Waals surface area (Å²) in [7, 11) is 0. The van der Waals surface area contributed by atoms with Crippen LogP contribution in [0.4, 0.5) is 0 Å². The van der Waals surface area contributed by atoms with E-state index < -0.39 is 5.41 Å². The Hall–Kier alpha value is -1.94. The first-order chi connectivity index (χ1) is 19.1. The molecular weight excluding hydrogens is 508 g/mol. The first-order valence-corrected chi connectivity index (χ1v) is 16.3. The number of ketones is 1. The number of hydrogen-bond acceptors (Lipinski definition) is 4. The fraction of sp³-hybridized carbons (Fsp3) is 0.730. The second kappa shape index (κ2) is 9.28. The van der Waals surface area contributed by atoms with E-state index in [1.165, 1.54) is 11.1 Å². The number of allylic oxidation sites excluding steroid dienone is 2. The van der Waals surface area contributed by atoms with Crippen molar-refractivity contribution in [1.82, 2.24) is 0 Å². The number of fused-ring (bicyclic) bond motifs is 6. The highest BCUT2D eigenvalue weighted by atomic mass is 16.5. The van der Waals surface area contributed by atoms with E-state index in [0.29, 0.717) is 31.1 Å². The van der Waals surface area contributed by atoms with Gasteiger partial charge in [0.1, 0.15) is 12.4 Å². The molecule has 6 rings (SSSR count). The molecular formula is C37H52O4. The zero-order valence-corrected chi connectivity index (χ0v) is 26.6. The van der Waals surface area contributed by atoms with Gasteiger partial charge in [0, 0.05) is 12.3 Å². The Kier molecular flexibility index (Phi) is 6.60. The van der Waals surface area contributed by atoms with E-state index in [4.69, 9.17) is 4.74 Å². The number of hydrogen-bond donors (Lipinski definition) is 1. The summed E-state index contributed by atoms with van der Waals surface area (Å²) in [6.07, 6.45) is 8.79. The van der Waals surface area contributed by atoms with Crippen molar-refractivity contribution in [2.75, 3.05) is 0 Å². The Morgan fingerprint density at radius 1 is 0.878 bits per heavy atom. The highest BCUT2D eigenvalue weighted by molar-refractivity contribution is 5.88. The predicted octanol–water partition coefficient (Wildman–Crippen LogP) is 8.22. The lowest BCUT2D eigenvalue weighted by Gasteiger charge is -2.70. The summed E-state index contributed by atoms with van der Waals surface area (Å²) in [6.45, 7) is 16.6. The van der Waals surface area contributed by atoms with E-state index in [9.17, 15) is 14.7 Å². The summed E-state index contributed by atoms with van der Waals surface area (Å²) in [4.78, 5) is 28.2. The van der Waals surface area contributed by atoms with Crippen LogP contribution in [0.2, 0.25) is 0 Å². The van der Waals surface area contributed by atoms with Gasteiger partial charge in [0.2, 0.25) is 0 Å². The van der Waals surface area contributed by atoms with Crippen molar-refractivity contribution in [3.8, 4) is 0 Å². The van der Waals surface area contributed by atoms with Gasteiger partial charge in [0.15, 0.2) is 0 Å². The number of Topliss-reactive ketones (excluding diaryl/α,β-unsaturated/α-hetero) is 1. The van der Waals surface area contributed by atoms with Gasteiger partial charge in [-0.1, -0.05) is 83.0 Å². The summed E-state index contributed by atoms with van der Waals surface area (Å²) < 4.78 is 5.92. The van der Waals surface area contributed by atoms with E-state index in [1.807, 2.05) is 30.3 Å². The average molecular weight is 561 g/mol. The Morgan fingerprint density at radius 3 is 2.27 bits per heavy atom. The molecule has 1 aromatic carbocycles. The molecule has 0 amide bonds. The van der Waals surface area contributed by atoms with Crippen molar-refractivity contribution in [3.05, 3.63) is 47.0 Å². The third kappa shape index (κ3) is 4.01. The van der Waals surface area contributed by atoms with Crippen LogP contribution in [0, 0.1) is 44.3 Å². The number of carbonyl (C=O) groups excluding carboxylic acids is 2. The first kappa shape index (κ1) is 29.1. The van der Waals surface area contributed by atoms with Gasteiger partial charge in [-0.15, -0.1) is 0 Å². The van der Waals surface area contributed by atoms with E-state index in [0.717, 1.165) is 56.9 Å². The van der Waals surface area contributed by atoms with Crippen molar-refractivity contribution in [2.45, 2.75) is 125 Å². The Morgan fingerprint density at radius 2 is 1.56 bits per heavy atom. The van der Waals surface area contributed by atoms with Crippen LogP contribution in [0.1, 0.15) is 118 Å². The van der Waals surface area contributed by atoms with Crippen LogP contribution in [0.25, 0.3) is 0 Å². The minimum Gasteiger partial charge on any atom is -0.460 e. The molecule has 4 saturated carbocycles. The Balaban J connectivity index is 1.36. The molecule has 5 aliphatic rings. The maximum Gasteiger partial charge on any atom is 0.312 e. The molecule has 1 aromatic rings. The minimum atomic E-state index is -0.567. The second-order valence-electron chi connectivity index (χ2n) is 16.6. The Labute approximate surface area is 247 Å². The zero-order chi connectivity index (χ0) is 29.6. The van der Waals surface area contributed by atoms with Crippen LogP contribution in [-0.2, 0) is 20.9 Å². The summed E-state index contributed by atoms with van der Waals surface area (Å²) in [6, 6.07) is 9.93. The van der Waals surface area contributed by atoms with Crippen LogP contribution in [0.3, 0.4) is 0 Å². The predicted molar refractivity (Wildman–Crippen MR) is 162 cm³/mol. The van der Waals surface area contributed by atoms with Gasteiger partial charge in [0.05, 0.1) is 11.5 Å². The van der Waals surface area contributed by atoms with Crippen LogP contribution >= 0.6 is 0 Å². The number of benzene rings is 1. The lowest BCUT2D eigenvalue weighted by molar-refractivity contribution is -0.203. The topological polar surface area (TPSA) is 63.6 Å². The molecule has 41 heavy (non-hydrogen) atoms. The van der Waals surface area contributed by atoms with Crippen molar-refractivity contribution in [1.29, 1.82) is 0 Å². The molecule has 0 radical (unpaired) electrons. The normalized spacial score (nSPS) is 45.2. The monoisotopic (exact) mass is 560 g/mol. The van der Waals surface area contributed by atoms with Crippen LogP contribution in [-0.4, -0.2) is 23.0 Å². The molecule has 4 heteroatoms. The quantitative estimate of drug-likeness (QED) is 0.299. The molecule has 4 nitrogen and oxygen atoms in total. The van der Waals surface area contributed by atoms with Crippen LogP contribution < -0.4 is 0 Å². The maximum absolute atomic E-state index is 14.5. The summed E-state index contributed by atoms with van der Waals surface area (Å²) in [5.41, 5.74) is 2.83. The van der Waals surface area contributed by atoms with Gasteiger partial charge < -0.3 is 9.84 Å². The zero-order valence-electron chi connectivity index (χ0n) is 26.6. The van der Waals surface area contributed by atoms with Crippen LogP contribution in [0.5, 0.6) is 0 Å². The molecule has 0 heterocycles. The first-order valence-electron chi connectivity index (χ1n) is 16.3. The van der Waals surface area contributed by atoms with E-state index in [1.54, 1.807) is 0 Å². The van der Waals surface area contributed by atoms with Gasteiger partial charge in [-0.2, -0.15) is 0 Å². The fourth-order valence-electron chi connectivity index (χ4n) is 11.2. The number of aliphatic hydroxyl groups is 1. The molecule has 0 bridgehead atoms. The molecule has 1 N–H and O–H groups in total. The maximum atomic E-state index is 14.5. The average Bonchev–Trinajstić information content (AvgIpc) is 2.92. The number of aliphatic hydroxyl groups excluding tert-OH is 1. The SMILES string of the molecule is CC1(C)C(O)CC[C@@]2(C)C1CC[C@]1(C)C2C(=O)CC2=C3C[C@@](C)(C(=O)OCc4ccccc4)CC[C@]3(C)CC[C@]21C. The number of esters is 1. The molecule has 0 saturated heterocycles. The lowest BCUT2D eigenvalue weighted by Crippen LogP contribution is -2.66. The third-order valence-corrected chi connectivity index (χ3v) is 14.1. The van der Waals surface area contributed by atoms with Crippen molar-refractivity contribution in [3.63, 3.8) is 0 Å². The lowest BCUT2D eigenvalue weighted by atomic mass is 9.34. The smallest absolute Gasteiger partial charge is 0.312 e. The van der Waals surface area contributed by atoms with Crippen LogP contribution in [0.15, 0.2) is 41.5 Å². The van der Waals surface area contributed by atoms with Gasteiger partial charge >= 0.3 is 5.97 Å². The summed E-state index contributed by atoms with van der Waals surface area (Å²) in [5.74, 6) is 0.677. The molecule has 224 valence electrons. The molecule has 0 spiro atoms. The van der Waals surface area contributed by atoms with E-state index in [2.05, 4.69) is 48.5 Å². The van der Waals surface area contributed by atoms with Crippen molar-refractivity contribution < 1.29 is 19.4 Å². The Bertz CT molecular complexity index is 1280. The summed E-state index contributed by atoms with van der Waals surface area (Å²) in [5, 5.41) is 11.0. The molecule has 8 atom stereocenters. The second-order valence-corrected chi connectivity index (χ2v) is 16.6. The highest BCUT2D eigenvalue weighted by Crippen LogP contribution is 2.74. The van der Waals surface area contributed by atoms with Gasteiger partial charge in [0.25, 0.3) is 0 Å². The third-order valence-electron chi connectivity index (χ3n) is 14.1. The number of rotatable bonds is 3. The van der Waals surface area contributed by atoms with E-state index in [-0.39, 0.29) is 45.1 Å². The number of ether oxygens (including phenoxy) is 1. The molecule has 0 aliphatic heterocycles. The van der Waals surface area contributed by atoms with Gasteiger partial charge in [-0.25, -0.2) is 0 Å². The molecule has 4 fully saturated rings. The minimum absolute atomic E-state index is 0.0186. The van der Waals surface area contributed by atoms with Crippen molar-refractivity contribution >= 4 is 11.8 Å². The molecule has 0 aromatic heterocycles. The number of carbonyl (C=O) groups is 2. The molecule has 5 aliphatic carbocycles. The largest absolute Gasteiger partial charge is 0.460 e. The van der Waals surface area contributed by atoms with Gasteiger partial charge in [-0.3, -0.25) is 9.59 Å². The van der Waals surface area contributed by atoms with Crippen molar-refractivity contribution in [2.24, 2.45) is 44.3 Å². The fourth-order valence-corrected chi connectivity index (χ4v) is 11.2.